The zero-order valence-electron chi connectivity index (χ0n) is 19.3. The summed E-state index contributed by atoms with van der Waals surface area (Å²) in [5, 5.41) is 28.6. The van der Waals surface area contributed by atoms with Crippen molar-refractivity contribution in [3.8, 4) is 11.5 Å². The number of cyclic esters (lactones) is 1. The third kappa shape index (κ3) is 9.75. The van der Waals surface area contributed by atoms with E-state index >= 15 is 0 Å². The Labute approximate surface area is 195 Å². The first-order valence-electron chi connectivity index (χ1n) is 11.6. The lowest BCUT2D eigenvalue weighted by Gasteiger charge is -2.21. The van der Waals surface area contributed by atoms with Gasteiger partial charge in [0.1, 0.15) is 18.1 Å². The summed E-state index contributed by atoms with van der Waals surface area (Å²) in [6, 6.07) is 5.18. The monoisotopic (exact) mass is 464 g/mol. The molecule has 2 aliphatic rings. The van der Waals surface area contributed by atoms with Gasteiger partial charge < -0.3 is 34.3 Å². The molecule has 0 saturated carbocycles. The predicted molar refractivity (Wildman–Crippen MR) is 124 cm³/mol. The number of aliphatic hydroxyl groups excluding tert-OH is 3. The second-order valence-electron chi connectivity index (χ2n) is 7.87. The molecule has 3 rings (SSSR count). The van der Waals surface area contributed by atoms with Crippen molar-refractivity contribution >= 4 is 11.7 Å². The first-order valence-corrected chi connectivity index (χ1v) is 11.6. The van der Waals surface area contributed by atoms with Crippen molar-refractivity contribution in [1.82, 2.24) is 0 Å². The second-order valence-corrected chi connectivity index (χ2v) is 7.87. The summed E-state index contributed by atoms with van der Waals surface area (Å²) in [5.41, 5.74) is 0.585. The van der Waals surface area contributed by atoms with Gasteiger partial charge in [0.2, 0.25) is 0 Å². The predicted octanol–water partition coefficient (Wildman–Crippen LogP) is 4.25. The van der Waals surface area contributed by atoms with Crippen LogP contribution >= 0.6 is 0 Å². The van der Waals surface area contributed by atoms with Gasteiger partial charge in [-0.15, -0.1) is 0 Å². The van der Waals surface area contributed by atoms with Gasteiger partial charge in [0.05, 0.1) is 44.2 Å². The molecule has 2 heterocycles. The van der Waals surface area contributed by atoms with Gasteiger partial charge in [0.15, 0.2) is 11.5 Å². The Morgan fingerprint density at radius 1 is 1.09 bits per heavy atom. The van der Waals surface area contributed by atoms with E-state index in [1.807, 2.05) is 0 Å². The van der Waals surface area contributed by atoms with Crippen molar-refractivity contribution in [3.05, 3.63) is 41.9 Å². The van der Waals surface area contributed by atoms with Crippen molar-refractivity contribution in [3.63, 3.8) is 0 Å². The Hall–Kier alpha value is -2.71. The van der Waals surface area contributed by atoms with Crippen LogP contribution in [0.1, 0.15) is 63.9 Å². The van der Waals surface area contributed by atoms with Crippen LogP contribution in [0.25, 0.3) is 5.76 Å². The number of ether oxygens (including phenoxy) is 4. The van der Waals surface area contributed by atoms with Gasteiger partial charge in [-0.1, -0.05) is 39.0 Å². The molecule has 1 aromatic rings. The van der Waals surface area contributed by atoms with Gasteiger partial charge in [0.25, 0.3) is 0 Å². The molecular formula is C25H36O8. The van der Waals surface area contributed by atoms with E-state index in [1.54, 1.807) is 24.3 Å². The Kier molecular flexibility index (Phi) is 12.2. The number of esters is 1. The molecule has 8 heteroatoms. The molecule has 0 fully saturated rings. The van der Waals surface area contributed by atoms with E-state index < -0.39 is 6.10 Å². The van der Waals surface area contributed by atoms with Crippen molar-refractivity contribution < 1.29 is 39.1 Å². The molecule has 8 nitrogen and oxygen atoms in total. The van der Waals surface area contributed by atoms with E-state index in [4.69, 9.17) is 19.3 Å². The highest BCUT2D eigenvalue weighted by Crippen LogP contribution is 2.34. The summed E-state index contributed by atoms with van der Waals surface area (Å²) in [7, 11) is 0. The minimum Gasteiger partial charge on any atom is -0.504 e. The molecule has 0 radical (unpaired) electrons. The second kappa shape index (κ2) is 15.2. The lowest BCUT2D eigenvalue weighted by Crippen LogP contribution is -2.16. The molecule has 0 aliphatic carbocycles. The van der Waals surface area contributed by atoms with Crippen LogP contribution in [0.4, 0.5) is 0 Å². The number of unbranched alkanes of at least 4 members (excludes halogenated alkanes) is 5. The quantitative estimate of drug-likeness (QED) is 0.293. The van der Waals surface area contributed by atoms with E-state index in [1.165, 1.54) is 31.9 Å². The highest BCUT2D eigenvalue weighted by molar-refractivity contribution is 5.73. The van der Waals surface area contributed by atoms with E-state index in [-0.39, 0.29) is 31.5 Å². The van der Waals surface area contributed by atoms with Crippen LogP contribution in [0.5, 0.6) is 11.5 Å². The molecule has 0 spiro atoms. The Balaban J connectivity index is 0.000000554. The van der Waals surface area contributed by atoms with Crippen LogP contribution in [0.2, 0.25) is 0 Å². The summed E-state index contributed by atoms with van der Waals surface area (Å²) in [4.78, 5) is 9.96. The van der Waals surface area contributed by atoms with Crippen LogP contribution in [-0.2, 0) is 14.3 Å². The Bertz CT molecular complexity index is 777. The van der Waals surface area contributed by atoms with Gasteiger partial charge in [-0.2, -0.15) is 0 Å². The number of rotatable bonds is 13. The summed E-state index contributed by atoms with van der Waals surface area (Å²) in [5.74, 6) is 1.55. The van der Waals surface area contributed by atoms with Gasteiger partial charge in [0, 0.05) is 12.5 Å². The largest absolute Gasteiger partial charge is 0.504 e. The van der Waals surface area contributed by atoms with Crippen LogP contribution in [0, 0.1) is 0 Å². The van der Waals surface area contributed by atoms with Crippen molar-refractivity contribution in [2.24, 2.45) is 0 Å². The van der Waals surface area contributed by atoms with E-state index in [2.05, 4.69) is 11.7 Å². The Morgan fingerprint density at radius 2 is 1.88 bits per heavy atom. The lowest BCUT2D eigenvalue weighted by molar-refractivity contribution is -0.135. The summed E-state index contributed by atoms with van der Waals surface area (Å²) in [6.45, 7) is 2.99. The third-order valence-corrected chi connectivity index (χ3v) is 5.12. The molecule has 0 amide bonds. The van der Waals surface area contributed by atoms with Gasteiger partial charge in [-0.25, -0.2) is 0 Å². The molecular weight excluding hydrogens is 428 g/mol. The summed E-state index contributed by atoms with van der Waals surface area (Å²) in [6.07, 6.45) is 10.2. The molecule has 0 bridgehead atoms. The molecule has 3 N–H and O–H groups in total. The maximum absolute atomic E-state index is 10.4. The van der Waals surface area contributed by atoms with E-state index in [0.717, 1.165) is 12.8 Å². The van der Waals surface area contributed by atoms with E-state index in [9.17, 15) is 15.0 Å². The SMILES string of the molecule is CCCCCCCCOC1=C(O)c2ccc(OCCC(O)CO)cc2OC1.O=C1CC=CO1. The van der Waals surface area contributed by atoms with Gasteiger partial charge >= 0.3 is 5.97 Å². The average Bonchev–Trinajstić information content (AvgIpc) is 3.31. The van der Waals surface area contributed by atoms with Gasteiger partial charge in [-0.05, 0) is 24.6 Å². The number of benzene rings is 1. The summed E-state index contributed by atoms with van der Waals surface area (Å²) >= 11 is 0. The first kappa shape index (κ1) is 26.5. The fourth-order valence-electron chi connectivity index (χ4n) is 3.18. The number of aliphatic hydroxyl groups is 3. The standard InChI is InChI=1S/C21H32O6.C4H4O2/c1-2-3-4-5-6-7-11-26-20-15-27-19-13-17(8-9-18(19)21(20)24)25-12-10-16(23)14-22;5-4-2-1-3-6-4/h8-9,13,16,22-24H,2-7,10-12,14-15H2,1H3;1,3H,2H2. The molecule has 1 aromatic carbocycles. The molecule has 184 valence electrons. The maximum Gasteiger partial charge on any atom is 0.314 e. The zero-order valence-corrected chi connectivity index (χ0v) is 19.3. The Morgan fingerprint density at radius 3 is 2.55 bits per heavy atom. The number of carbonyl (C=O) groups is 1. The fraction of sp³-hybridized carbons (Fsp3) is 0.560. The topological polar surface area (TPSA) is 115 Å². The summed E-state index contributed by atoms with van der Waals surface area (Å²) < 4.78 is 21.3. The maximum atomic E-state index is 10.4. The normalized spacial score (nSPS) is 15.2. The van der Waals surface area contributed by atoms with Gasteiger partial charge in [-0.3, -0.25) is 4.79 Å². The fourth-order valence-corrected chi connectivity index (χ4v) is 3.18. The van der Waals surface area contributed by atoms with Crippen LogP contribution < -0.4 is 9.47 Å². The van der Waals surface area contributed by atoms with Crippen molar-refractivity contribution in [2.45, 2.75) is 64.4 Å². The molecule has 1 unspecified atom stereocenters. The average molecular weight is 465 g/mol. The zero-order chi connectivity index (χ0) is 23.9. The number of carbonyl (C=O) groups excluding carboxylic acids is 1. The minimum atomic E-state index is -0.780. The smallest absolute Gasteiger partial charge is 0.314 e. The number of fused-ring (bicyclic) bond motifs is 1. The lowest BCUT2D eigenvalue weighted by atomic mass is 10.1. The van der Waals surface area contributed by atoms with Crippen LogP contribution in [0.15, 0.2) is 36.3 Å². The number of hydrogen-bond acceptors (Lipinski definition) is 8. The van der Waals surface area contributed by atoms with Crippen LogP contribution in [0.3, 0.4) is 0 Å². The molecule has 1 atom stereocenters. The van der Waals surface area contributed by atoms with Crippen LogP contribution in [-0.4, -0.2) is 53.8 Å². The number of hydrogen-bond donors (Lipinski definition) is 3. The highest BCUT2D eigenvalue weighted by Gasteiger charge is 2.21. The van der Waals surface area contributed by atoms with Crippen molar-refractivity contribution in [2.75, 3.05) is 26.4 Å². The third-order valence-electron chi connectivity index (χ3n) is 5.12. The molecule has 0 aromatic heterocycles. The molecule has 0 saturated heterocycles. The van der Waals surface area contributed by atoms with E-state index in [0.29, 0.717) is 42.3 Å². The van der Waals surface area contributed by atoms with Crippen molar-refractivity contribution in [1.29, 1.82) is 0 Å². The molecule has 2 aliphatic heterocycles. The first-order chi connectivity index (χ1) is 16.0. The molecule has 33 heavy (non-hydrogen) atoms. The minimum absolute atomic E-state index is 0.115. The highest BCUT2D eigenvalue weighted by atomic mass is 16.5.